The van der Waals surface area contributed by atoms with Crippen LogP contribution in [0.25, 0.3) is 0 Å². The molecule has 1 aromatic heterocycles. The zero-order valence-corrected chi connectivity index (χ0v) is 17.8. The highest BCUT2D eigenvalue weighted by molar-refractivity contribution is 7.91. The van der Waals surface area contributed by atoms with E-state index in [1.165, 1.54) is 0 Å². The van der Waals surface area contributed by atoms with Gasteiger partial charge in [0.05, 0.1) is 23.2 Å². The number of hydrogen-bond acceptors (Lipinski definition) is 5. The Morgan fingerprint density at radius 3 is 2.55 bits per heavy atom. The molecule has 1 fully saturated rings. The molecule has 1 atom stereocenters. The molecular formula is C21H28N4O3S. The number of benzene rings is 1. The van der Waals surface area contributed by atoms with Crippen LogP contribution in [0.1, 0.15) is 54.5 Å². The van der Waals surface area contributed by atoms with Crippen LogP contribution >= 0.6 is 0 Å². The summed E-state index contributed by atoms with van der Waals surface area (Å²) in [6.07, 6.45) is 3.17. The molecule has 1 aliphatic heterocycles. The zero-order valence-electron chi connectivity index (χ0n) is 17.0. The molecular weight excluding hydrogens is 388 g/mol. The molecule has 0 bridgehead atoms. The first-order chi connectivity index (χ1) is 13.9. The number of aromatic nitrogens is 2. The van der Waals surface area contributed by atoms with E-state index in [0.29, 0.717) is 12.1 Å². The van der Waals surface area contributed by atoms with Crippen molar-refractivity contribution < 1.29 is 13.2 Å². The molecule has 1 saturated heterocycles. The van der Waals surface area contributed by atoms with Gasteiger partial charge in [-0.05, 0) is 63.8 Å². The molecule has 0 unspecified atom stereocenters. The van der Waals surface area contributed by atoms with Crippen molar-refractivity contribution in [1.82, 2.24) is 9.78 Å². The van der Waals surface area contributed by atoms with Gasteiger partial charge >= 0.3 is 0 Å². The summed E-state index contributed by atoms with van der Waals surface area (Å²) in [7, 11) is -3.05. The van der Waals surface area contributed by atoms with Crippen LogP contribution in [0.15, 0.2) is 24.3 Å². The summed E-state index contributed by atoms with van der Waals surface area (Å²) in [6.45, 7) is 6.09. The zero-order chi connectivity index (χ0) is 20.6. The van der Waals surface area contributed by atoms with Gasteiger partial charge in [-0.25, -0.2) is 8.42 Å². The van der Waals surface area contributed by atoms with Crippen LogP contribution in [-0.4, -0.2) is 48.7 Å². The number of rotatable bonds is 6. The second-order valence-corrected chi connectivity index (χ2v) is 10.0. The third-order valence-electron chi connectivity index (χ3n) is 5.96. The lowest BCUT2D eigenvalue weighted by molar-refractivity contribution is 0.101. The van der Waals surface area contributed by atoms with E-state index in [0.717, 1.165) is 55.0 Å². The van der Waals surface area contributed by atoms with Crippen molar-refractivity contribution in [1.29, 1.82) is 0 Å². The van der Waals surface area contributed by atoms with E-state index in [1.807, 2.05) is 24.3 Å². The Hall–Kier alpha value is -2.35. The van der Waals surface area contributed by atoms with Crippen molar-refractivity contribution in [2.45, 2.75) is 45.6 Å². The quantitative estimate of drug-likeness (QED) is 0.783. The van der Waals surface area contributed by atoms with E-state index in [9.17, 15) is 13.2 Å². The molecule has 1 amide bonds. The minimum Gasteiger partial charge on any atom is -0.372 e. The highest BCUT2D eigenvalue weighted by atomic mass is 32.2. The van der Waals surface area contributed by atoms with Gasteiger partial charge in [-0.1, -0.05) is 0 Å². The molecule has 29 heavy (non-hydrogen) atoms. The van der Waals surface area contributed by atoms with Gasteiger partial charge in [0.2, 0.25) is 0 Å². The standard InChI is InChI=1S/C21H28N4O3S/c1-3-24(4-2)16-10-8-15(9-11-16)22-21(26)20-18-6-5-7-19(18)23-25(20)17-12-13-29(27,28)14-17/h8-11,17H,3-7,12-14H2,1-2H3,(H,22,26)/t17-/m1/s1. The van der Waals surface area contributed by atoms with Gasteiger partial charge in [0.1, 0.15) is 5.69 Å². The van der Waals surface area contributed by atoms with Crippen molar-refractivity contribution in [2.24, 2.45) is 0 Å². The van der Waals surface area contributed by atoms with Crippen LogP contribution < -0.4 is 10.2 Å². The molecule has 0 saturated carbocycles. The second kappa shape index (κ2) is 7.82. The Kier molecular flexibility index (Phi) is 5.38. The first kappa shape index (κ1) is 19.9. The number of aryl methyl sites for hydroxylation is 1. The largest absolute Gasteiger partial charge is 0.372 e. The van der Waals surface area contributed by atoms with Crippen molar-refractivity contribution in [3.05, 3.63) is 41.2 Å². The van der Waals surface area contributed by atoms with E-state index in [2.05, 4.69) is 29.2 Å². The Bertz CT molecular complexity index is 1010. The van der Waals surface area contributed by atoms with E-state index < -0.39 is 9.84 Å². The van der Waals surface area contributed by atoms with E-state index in [1.54, 1.807) is 4.68 Å². The van der Waals surface area contributed by atoms with Crippen LogP contribution in [0.2, 0.25) is 0 Å². The number of amides is 1. The molecule has 2 aromatic rings. The molecule has 8 heteroatoms. The van der Waals surface area contributed by atoms with Gasteiger partial charge in [-0.3, -0.25) is 9.48 Å². The summed E-state index contributed by atoms with van der Waals surface area (Å²) in [6, 6.07) is 7.58. The average molecular weight is 417 g/mol. The second-order valence-electron chi connectivity index (χ2n) is 7.80. The summed E-state index contributed by atoms with van der Waals surface area (Å²) >= 11 is 0. The minimum absolute atomic E-state index is 0.0619. The van der Waals surface area contributed by atoms with Crippen molar-refractivity contribution >= 4 is 27.1 Å². The topological polar surface area (TPSA) is 84.3 Å². The van der Waals surface area contributed by atoms with Crippen LogP contribution in [-0.2, 0) is 22.7 Å². The van der Waals surface area contributed by atoms with Crippen molar-refractivity contribution in [2.75, 3.05) is 34.8 Å². The minimum atomic E-state index is -3.05. The number of fused-ring (bicyclic) bond motifs is 1. The summed E-state index contributed by atoms with van der Waals surface area (Å²) in [5.74, 6) is 0.0168. The lowest BCUT2D eigenvalue weighted by atomic mass is 10.1. The highest BCUT2D eigenvalue weighted by Gasteiger charge is 2.35. The third-order valence-corrected chi connectivity index (χ3v) is 7.71. The van der Waals surface area contributed by atoms with Gasteiger partial charge in [0, 0.05) is 30.0 Å². The molecule has 0 spiro atoms. The predicted octanol–water partition coefficient (Wildman–Crippen LogP) is 2.83. The Balaban J connectivity index is 1.59. The first-order valence-corrected chi connectivity index (χ1v) is 12.2. The molecule has 2 aliphatic rings. The lowest BCUT2D eigenvalue weighted by Crippen LogP contribution is -2.23. The molecule has 1 aliphatic carbocycles. The Morgan fingerprint density at radius 2 is 1.93 bits per heavy atom. The van der Waals surface area contributed by atoms with Crippen molar-refractivity contribution in [3.8, 4) is 0 Å². The summed E-state index contributed by atoms with van der Waals surface area (Å²) in [4.78, 5) is 15.4. The van der Waals surface area contributed by atoms with Gasteiger partial charge in [-0.2, -0.15) is 5.10 Å². The van der Waals surface area contributed by atoms with Gasteiger partial charge in [0.15, 0.2) is 9.84 Å². The fraction of sp³-hybridized carbons (Fsp3) is 0.524. The maximum Gasteiger partial charge on any atom is 0.274 e. The molecule has 1 aromatic carbocycles. The number of carbonyl (C=O) groups is 1. The normalized spacial score (nSPS) is 19.9. The van der Waals surface area contributed by atoms with Crippen molar-refractivity contribution in [3.63, 3.8) is 0 Å². The van der Waals surface area contributed by atoms with Gasteiger partial charge < -0.3 is 10.2 Å². The van der Waals surface area contributed by atoms with Crippen LogP contribution in [0.5, 0.6) is 0 Å². The summed E-state index contributed by atoms with van der Waals surface area (Å²) in [5.41, 5.74) is 4.30. The molecule has 1 N–H and O–H groups in total. The summed E-state index contributed by atoms with van der Waals surface area (Å²) in [5, 5.41) is 7.64. The van der Waals surface area contributed by atoms with Crippen LogP contribution in [0.4, 0.5) is 11.4 Å². The predicted molar refractivity (Wildman–Crippen MR) is 115 cm³/mol. The molecule has 7 nitrogen and oxygen atoms in total. The monoisotopic (exact) mass is 416 g/mol. The van der Waals surface area contributed by atoms with Crippen LogP contribution in [0, 0.1) is 0 Å². The lowest BCUT2D eigenvalue weighted by Gasteiger charge is -2.21. The fourth-order valence-corrected chi connectivity index (χ4v) is 6.11. The number of nitrogens with one attached hydrogen (secondary N) is 1. The Labute approximate surface area is 172 Å². The fourth-order valence-electron chi connectivity index (χ4n) is 4.42. The smallest absolute Gasteiger partial charge is 0.274 e. The van der Waals surface area contributed by atoms with E-state index in [4.69, 9.17) is 0 Å². The van der Waals surface area contributed by atoms with E-state index >= 15 is 0 Å². The number of nitrogens with zero attached hydrogens (tertiary/aromatic N) is 3. The number of hydrogen-bond donors (Lipinski definition) is 1. The molecule has 4 rings (SSSR count). The molecule has 2 heterocycles. The number of sulfone groups is 1. The van der Waals surface area contributed by atoms with Gasteiger partial charge in [0.25, 0.3) is 5.91 Å². The maximum absolute atomic E-state index is 13.2. The summed E-state index contributed by atoms with van der Waals surface area (Å²) < 4.78 is 25.6. The maximum atomic E-state index is 13.2. The van der Waals surface area contributed by atoms with E-state index in [-0.39, 0.29) is 23.5 Å². The average Bonchev–Trinajstić information content (AvgIpc) is 3.37. The third kappa shape index (κ3) is 3.90. The SMILES string of the molecule is CCN(CC)c1ccc(NC(=O)c2c3c(nn2[C@@H]2CCS(=O)(=O)C2)CCC3)cc1. The first-order valence-electron chi connectivity index (χ1n) is 10.4. The molecule has 156 valence electrons. The van der Waals surface area contributed by atoms with Gasteiger partial charge in [-0.15, -0.1) is 0 Å². The molecule has 0 radical (unpaired) electrons. The number of anilines is 2. The highest BCUT2D eigenvalue weighted by Crippen LogP contribution is 2.32. The Morgan fingerprint density at radius 1 is 1.21 bits per heavy atom. The van der Waals surface area contributed by atoms with Crippen LogP contribution in [0.3, 0.4) is 0 Å². The number of carbonyl (C=O) groups excluding carboxylic acids is 1.